The van der Waals surface area contributed by atoms with Crippen molar-refractivity contribution in [2.24, 2.45) is 5.92 Å². The zero-order valence-electron chi connectivity index (χ0n) is 9.01. The van der Waals surface area contributed by atoms with Crippen molar-refractivity contribution in [2.45, 2.75) is 27.2 Å². The second kappa shape index (κ2) is 5.26. The third-order valence-corrected chi connectivity index (χ3v) is 2.29. The van der Waals surface area contributed by atoms with Crippen LogP contribution in [0.15, 0.2) is 18.2 Å². The third kappa shape index (κ3) is 3.22. The molecular weight excluding hydrogens is 196 g/mol. The van der Waals surface area contributed by atoms with Crippen LogP contribution in [0.1, 0.15) is 26.3 Å². The number of halogens is 1. The molecule has 1 nitrogen and oxygen atoms in total. The van der Waals surface area contributed by atoms with Crippen LogP contribution in [-0.2, 0) is 6.42 Å². The van der Waals surface area contributed by atoms with Crippen molar-refractivity contribution in [1.82, 2.24) is 0 Å². The zero-order chi connectivity index (χ0) is 10.6. The topological polar surface area (TPSA) is 9.23 Å². The lowest BCUT2D eigenvalue weighted by Gasteiger charge is -2.11. The molecule has 0 radical (unpaired) electrons. The lowest BCUT2D eigenvalue weighted by Crippen LogP contribution is -2.05. The number of aryl methyl sites for hydroxylation is 1. The van der Waals surface area contributed by atoms with E-state index in [0.29, 0.717) is 17.5 Å². The fraction of sp³-hybridized carbons (Fsp3) is 0.500. The van der Waals surface area contributed by atoms with Crippen molar-refractivity contribution in [3.63, 3.8) is 0 Å². The molecule has 0 unspecified atom stereocenters. The van der Waals surface area contributed by atoms with Crippen LogP contribution in [-0.4, -0.2) is 6.61 Å². The van der Waals surface area contributed by atoms with Crippen molar-refractivity contribution >= 4 is 11.6 Å². The minimum atomic E-state index is 0.524. The first-order chi connectivity index (χ1) is 6.63. The fourth-order valence-corrected chi connectivity index (χ4v) is 1.31. The standard InChI is InChI=1S/C12H17ClO/c1-4-10-5-6-11(13)12(7-10)14-8-9(2)3/h5-7,9H,4,8H2,1-3H3. The van der Waals surface area contributed by atoms with Crippen LogP contribution >= 0.6 is 11.6 Å². The Kier molecular flexibility index (Phi) is 4.27. The Morgan fingerprint density at radius 2 is 2.07 bits per heavy atom. The van der Waals surface area contributed by atoms with E-state index in [1.807, 2.05) is 18.2 Å². The largest absolute Gasteiger partial charge is 0.492 e. The summed E-state index contributed by atoms with van der Waals surface area (Å²) in [6.45, 7) is 7.08. The van der Waals surface area contributed by atoms with Crippen LogP contribution in [0.25, 0.3) is 0 Å². The van der Waals surface area contributed by atoms with E-state index in [4.69, 9.17) is 16.3 Å². The van der Waals surface area contributed by atoms with Gasteiger partial charge >= 0.3 is 0 Å². The molecule has 0 fully saturated rings. The van der Waals surface area contributed by atoms with E-state index in [0.717, 1.165) is 12.2 Å². The smallest absolute Gasteiger partial charge is 0.138 e. The molecule has 0 heterocycles. The number of ether oxygens (including phenoxy) is 1. The Bertz CT molecular complexity index is 294. The molecule has 1 rings (SSSR count). The predicted molar refractivity (Wildman–Crippen MR) is 61.2 cm³/mol. The van der Waals surface area contributed by atoms with Gasteiger partial charge in [-0.15, -0.1) is 0 Å². The molecule has 0 aliphatic rings. The highest BCUT2D eigenvalue weighted by atomic mass is 35.5. The monoisotopic (exact) mass is 212 g/mol. The van der Waals surface area contributed by atoms with Gasteiger partial charge in [-0.1, -0.05) is 38.4 Å². The van der Waals surface area contributed by atoms with Gasteiger partial charge in [-0.05, 0) is 30.0 Å². The maximum absolute atomic E-state index is 6.01. The van der Waals surface area contributed by atoms with E-state index >= 15 is 0 Å². The lowest BCUT2D eigenvalue weighted by atomic mass is 10.1. The summed E-state index contributed by atoms with van der Waals surface area (Å²) in [5, 5.41) is 0.697. The molecule has 0 bridgehead atoms. The molecule has 0 spiro atoms. The van der Waals surface area contributed by atoms with E-state index in [1.165, 1.54) is 5.56 Å². The summed E-state index contributed by atoms with van der Waals surface area (Å²) in [5.41, 5.74) is 1.26. The highest BCUT2D eigenvalue weighted by Crippen LogP contribution is 2.26. The lowest BCUT2D eigenvalue weighted by molar-refractivity contribution is 0.271. The van der Waals surface area contributed by atoms with E-state index in [9.17, 15) is 0 Å². The minimum absolute atomic E-state index is 0.524. The molecule has 14 heavy (non-hydrogen) atoms. The van der Waals surface area contributed by atoms with Gasteiger partial charge in [0.05, 0.1) is 11.6 Å². The maximum atomic E-state index is 6.01. The number of benzene rings is 1. The third-order valence-electron chi connectivity index (χ3n) is 1.98. The highest BCUT2D eigenvalue weighted by Gasteiger charge is 2.03. The summed E-state index contributed by atoms with van der Waals surface area (Å²) in [6, 6.07) is 5.95. The van der Waals surface area contributed by atoms with Gasteiger partial charge < -0.3 is 4.74 Å². The first-order valence-electron chi connectivity index (χ1n) is 5.04. The Balaban J connectivity index is 2.73. The van der Waals surface area contributed by atoms with E-state index in [-0.39, 0.29) is 0 Å². The predicted octanol–water partition coefficient (Wildman–Crippen LogP) is 3.94. The first-order valence-corrected chi connectivity index (χ1v) is 5.42. The maximum Gasteiger partial charge on any atom is 0.138 e. The molecule has 0 N–H and O–H groups in total. The highest BCUT2D eigenvalue weighted by molar-refractivity contribution is 6.32. The van der Waals surface area contributed by atoms with Crippen LogP contribution in [0.3, 0.4) is 0 Å². The normalized spacial score (nSPS) is 10.6. The molecule has 0 saturated heterocycles. The Morgan fingerprint density at radius 3 is 2.64 bits per heavy atom. The molecule has 0 atom stereocenters. The quantitative estimate of drug-likeness (QED) is 0.735. The van der Waals surface area contributed by atoms with Crippen LogP contribution in [0, 0.1) is 5.92 Å². The fourth-order valence-electron chi connectivity index (χ4n) is 1.13. The summed E-state index contributed by atoms with van der Waals surface area (Å²) in [6.07, 6.45) is 1.01. The summed E-state index contributed by atoms with van der Waals surface area (Å²) in [4.78, 5) is 0. The van der Waals surface area contributed by atoms with Crippen LogP contribution < -0.4 is 4.74 Å². The van der Waals surface area contributed by atoms with Crippen LogP contribution in [0.4, 0.5) is 0 Å². The van der Waals surface area contributed by atoms with Gasteiger partial charge in [0.2, 0.25) is 0 Å². The first kappa shape index (κ1) is 11.4. The number of rotatable bonds is 4. The van der Waals surface area contributed by atoms with Gasteiger partial charge in [0.1, 0.15) is 5.75 Å². The van der Waals surface area contributed by atoms with E-state index in [2.05, 4.69) is 20.8 Å². The van der Waals surface area contributed by atoms with Crippen molar-refractivity contribution in [2.75, 3.05) is 6.61 Å². The molecule has 0 aromatic heterocycles. The zero-order valence-corrected chi connectivity index (χ0v) is 9.77. The van der Waals surface area contributed by atoms with E-state index < -0.39 is 0 Å². The van der Waals surface area contributed by atoms with Gasteiger partial charge in [-0.3, -0.25) is 0 Å². The van der Waals surface area contributed by atoms with Gasteiger partial charge in [0, 0.05) is 0 Å². The van der Waals surface area contributed by atoms with Crippen LogP contribution in [0.2, 0.25) is 5.02 Å². The molecule has 0 saturated carbocycles. The van der Waals surface area contributed by atoms with Crippen molar-refractivity contribution in [3.8, 4) is 5.75 Å². The molecule has 2 heteroatoms. The minimum Gasteiger partial charge on any atom is -0.492 e. The Hall–Kier alpha value is -0.690. The summed E-state index contributed by atoms with van der Waals surface area (Å²) < 4.78 is 5.61. The molecule has 0 aliphatic carbocycles. The average molecular weight is 213 g/mol. The summed E-state index contributed by atoms with van der Waals surface area (Å²) in [5.74, 6) is 1.33. The van der Waals surface area contributed by atoms with Gasteiger partial charge in [0.15, 0.2) is 0 Å². The van der Waals surface area contributed by atoms with Gasteiger partial charge in [0.25, 0.3) is 0 Å². The molecule has 1 aromatic rings. The van der Waals surface area contributed by atoms with Crippen molar-refractivity contribution < 1.29 is 4.74 Å². The Labute approximate surface area is 91.0 Å². The van der Waals surface area contributed by atoms with E-state index in [1.54, 1.807) is 0 Å². The van der Waals surface area contributed by atoms with Crippen LogP contribution in [0.5, 0.6) is 5.75 Å². The van der Waals surface area contributed by atoms with Gasteiger partial charge in [-0.2, -0.15) is 0 Å². The Morgan fingerprint density at radius 1 is 1.36 bits per heavy atom. The van der Waals surface area contributed by atoms with Crippen molar-refractivity contribution in [3.05, 3.63) is 28.8 Å². The second-order valence-electron chi connectivity index (χ2n) is 3.82. The second-order valence-corrected chi connectivity index (χ2v) is 4.23. The SMILES string of the molecule is CCc1ccc(Cl)c(OCC(C)C)c1. The average Bonchev–Trinajstić information content (AvgIpc) is 2.16. The van der Waals surface area contributed by atoms with Gasteiger partial charge in [-0.25, -0.2) is 0 Å². The molecule has 1 aromatic carbocycles. The summed E-state index contributed by atoms with van der Waals surface area (Å²) >= 11 is 6.01. The molecular formula is C12H17ClO. The molecule has 78 valence electrons. The molecule has 0 aliphatic heterocycles. The number of hydrogen-bond donors (Lipinski definition) is 0. The number of hydrogen-bond acceptors (Lipinski definition) is 1. The summed E-state index contributed by atoms with van der Waals surface area (Å²) in [7, 11) is 0. The molecule has 0 amide bonds. The van der Waals surface area contributed by atoms with Crippen molar-refractivity contribution in [1.29, 1.82) is 0 Å².